The van der Waals surface area contributed by atoms with Gasteiger partial charge in [0.1, 0.15) is 0 Å². The summed E-state index contributed by atoms with van der Waals surface area (Å²) in [5.41, 5.74) is 0.825. The summed E-state index contributed by atoms with van der Waals surface area (Å²) in [6, 6.07) is 8.33. The maximum Gasteiger partial charge on any atom is 0.307 e. The summed E-state index contributed by atoms with van der Waals surface area (Å²) in [7, 11) is 0. The van der Waals surface area contributed by atoms with Crippen molar-refractivity contribution in [1.82, 2.24) is 5.32 Å². The molecule has 0 fully saturated rings. The standard InChI is InChI=1S/C13H14N2O3/c1-2-18-12(16)6-7-15-13(17)11-5-3-4-10(8-11)9-14/h3-5,8H,2,6-7H2,1H3,(H,15,17). The molecule has 0 aliphatic heterocycles. The van der Waals surface area contributed by atoms with E-state index in [1.54, 1.807) is 25.1 Å². The second-order valence-electron chi connectivity index (χ2n) is 3.50. The molecule has 18 heavy (non-hydrogen) atoms. The Balaban J connectivity index is 2.46. The second kappa shape index (κ2) is 7.07. The van der Waals surface area contributed by atoms with E-state index in [1.807, 2.05) is 6.07 Å². The highest BCUT2D eigenvalue weighted by Crippen LogP contribution is 2.03. The first-order valence-electron chi connectivity index (χ1n) is 5.61. The van der Waals surface area contributed by atoms with Crippen LogP contribution in [0.1, 0.15) is 29.3 Å². The molecule has 0 saturated heterocycles. The zero-order valence-electron chi connectivity index (χ0n) is 10.1. The Morgan fingerprint density at radius 2 is 2.22 bits per heavy atom. The second-order valence-corrected chi connectivity index (χ2v) is 3.50. The Kier molecular flexibility index (Phi) is 5.39. The highest BCUT2D eigenvalue weighted by atomic mass is 16.5. The van der Waals surface area contributed by atoms with Gasteiger partial charge in [0.2, 0.25) is 0 Å². The van der Waals surface area contributed by atoms with Crippen LogP contribution in [-0.4, -0.2) is 25.0 Å². The molecule has 0 heterocycles. The van der Waals surface area contributed by atoms with Gasteiger partial charge in [-0.3, -0.25) is 9.59 Å². The number of ether oxygens (including phenoxy) is 1. The van der Waals surface area contributed by atoms with Gasteiger partial charge in [0, 0.05) is 12.1 Å². The van der Waals surface area contributed by atoms with Crippen LogP contribution >= 0.6 is 0 Å². The summed E-state index contributed by atoms with van der Waals surface area (Å²) >= 11 is 0. The summed E-state index contributed by atoms with van der Waals surface area (Å²) < 4.78 is 4.73. The fraction of sp³-hybridized carbons (Fsp3) is 0.308. The highest BCUT2D eigenvalue weighted by Gasteiger charge is 2.07. The maximum atomic E-state index is 11.7. The fourth-order valence-electron chi connectivity index (χ4n) is 1.34. The molecule has 0 aliphatic carbocycles. The van der Waals surface area contributed by atoms with E-state index in [2.05, 4.69) is 5.32 Å². The molecule has 94 valence electrons. The quantitative estimate of drug-likeness (QED) is 0.793. The Morgan fingerprint density at radius 3 is 2.89 bits per heavy atom. The number of carbonyl (C=O) groups is 2. The minimum Gasteiger partial charge on any atom is -0.466 e. The molecular weight excluding hydrogens is 232 g/mol. The van der Waals surface area contributed by atoms with Crippen molar-refractivity contribution >= 4 is 11.9 Å². The van der Waals surface area contributed by atoms with E-state index in [-0.39, 0.29) is 24.8 Å². The molecule has 5 heteroatoms. The number of esters is 1. The zero-order valence-corrected chi connectivity index (χ0v) is 10.1. The molecule has 0 bridgehead atoms. The summed E-state index contributed by atoms with van der Waals surface area (Å²) in [6.45, 7) is 2.27. The number of hydrogen-bond acceptors (Lipinski definition) is 4. The van der Waals surface area contributed by atoms with E-state index in [1.165, 1.54) is 6.07 Å². The predicted octanol–water partition coefficient (Wildman–Crippen LogP) is 1.24. The molecule has 5 nitrogen and oxygen atoms in total. The average Bonchev–Trinajstić information content (AvgIpc) is 2.39. The molecule has 0 spiro atoms. The number of rotatable bonds is 5. The van der Waals surface area contributed by atoms with Crippen LogP contribution in [0.3, 0.4) is 0 Å². The maximum absolute atomic E-state index is 11.7. The van der Waals surface area contributed by atoms with Gasteiger partial charge in [-0.15, -0.1) is 0 Å². The van der Waals surface area contributed by atoms with Crippen molar-refractivity contribution in [2.45, 2.75) is 13.3 Å². The van der Waals surface area contributed by atoms with Crippen molar-refractivity contribution in [3.05, 3.63) is 35.4 Å². The van der Waals surface area contributed by atoms with Gasteiger partial charge in [0.05, 0.1) is 24.7 Å². The number of nitrogens with zero attached hydrogens (tertiary/aromatic N) is 1. The van der Waals surface area contributed by atoms with E-state index < -0.39 is 0 Å². The Morgan fingerprint density at radius 1 is 1.44 bits per heavy atom. The average molecular weight is 246 g/mol. The number of benzene rings is 1. The Hall–Kier alpha value is -2.35. The van der Waals surface area contributed by atoms with Gasteiger partial charge in [-0.1, -0.05) is 6.07 Å². The molecule has 1 N–H and O–H groups in total. The molecule has 0 atom stereocenters. The van der Waals surface area contributed by atoms with Crippen LogP contribution in [0.15, 0.2) is 24.3 Å². The van der Waals surface area contributed by atoms with Gasteiger partial charge >= 0.3 is 5.97 Å². The fourth-order valence-corrected chi connectivity index (χ4v) is 1.34. The van der Waals surface area contributed by atoms with Crippen LogP contribution in [0.4, 0.5) is 0 Å². The van der Waals surface area contributed by atoms with Crippen LogP contribution in [0.2, 0.25) is 0 Å². The topological polar surface area (TPSA) is 79.2 Å². The molecule has 0 saturated carbocycles. The normalized spacial score (nSPS) is 9.33. The largest absolute Gasteiger partial charge is 0.466 e. The van der Waals surface area contributed by atoms with Crippen LogP contribution in [-0.2, 0) is 9.53 Å². The molecule has 1 aromatic carbocycles. The van der Waals surface area contributed by atoms with Crippen molar-refractivity contribution in [1.29, 1.82) is 5.26 Å². The number of carbonyl (C=O) groups excluding carboxylic acids is 2. The first-order chi connectivity index (χ1) is 8.67. The van der Waals surface area contributed by atoms with Gasteiger partial charge in [-0.25, -0.2) is 0 Å². The molecule has 1 rings (SSSR count). The number of amides is 1. The molecule has 0 radical (unpaired) electrons. The number of hydrogen-bond donors (Lipinski definition) is 1. The summed E-state index contributed by atoms with van der Waals surface area (Å²) in [5.74, 6) is -0.653. The lowest BCUT2D eigenvalue weighted by Gasteiger charge is -2.05. The minimum absolute atomic E-state index is 0.136. The van der Waals surface area contributed by atoms with Crippen molar-refractivity contribution in [3.8, 4) is 6.07 Å². The van der Waals surface area contributed by atoms with E-state index in [4.69, 9.17) is 10.00 Å². The lowest BCUT2D eigenvalue weighted by atomic mass is 10.1. The predicted molar refractivity (Wildman–Crippen MR) is 64.7 cm³/mol. The molecule has 1 amide bonds. The van der Waals surface area contributed by atoms with E-state index in [0.717, 1.165) is 0 Å². The van der Waals surface area contributed by atoms with E-state index in [0.29, 0.717) is 17.7 Å². The highest BCUT2D eigenvalue weighted by molar-refractivity contribution is 5.94. The van der Waals surface area contributed by atoms with Crippen molar-refractivity contribution in [2.75, 3.05) is 13.2 Å². The third-order valence-electron chi connectivity index (χ3n) is 2.17. The molecule has 1 aromatic rings. The van der Waals surface area contributed by atoms with Crippen LogP contribution in [0.25, 0.3) is 0 Å². The molecule has 0 unspecified atom stereocenters. The van der Waals surface area contributed by atoms with Crippen molar-refractivity contribution in [2.24, 2.45) is 0 Å². The summed E-state index contributed by atoms with van der Waals surface area (Å²) in [4.78, 5) is 22.7. The summed E-state index contributed by atoms with van der Waals surface area (Å²) in [6.07, 6.45) is 0.136. The minimum atomic E-state index is -0.344. The smallest absolute Gasteiger partial charge is 0.307 e. The number of nitrogens with one attached hydrogen (secondary N) is 1. The third kappa shape index (κ3) is 4.26. The summed E-state index contributed by atoms with van der Waals surface area (Å²) in [5, 5.41) is 11.3. The SMILES string of the molecule is CCOC(=O)CCNC(=O)c1cccc(C#N)c1. The van der Waals surface area contributed by atoms with E-state index in [9.17, 15) is 9.59 Å². The van der Waals surface area contributed by atoms with Gasteiger partial charge in [0.25, 0.3) is 5.91 Å². The lowest BCUT2D eigenvalue weighted by Crippen LogP contribution is -2.26. The molecule has 0 aliphatic rings. The first kappa shape index (κ1) is 13.7. The van der Waals surface area contributed by atoms with Gasteiger partial charge < -0.3 is 10.1 Å². The van der Waals surface area contributed by atoms with Crippen molar-refractivity contribution < 1.29 is 14.3 Å². The van der Waals surface area contributed by atoms with Crippen LogP contribution in [0.5, 0.6) is 0 Å². The van der Waals surface area contributed by atoms with Crippen LogP contribution < -0.4 is 5.32 Å². The van der Waals surface area contributed by atoms with Gasteiger partial charge in [-0.05, 0) is 25.1 Å². The Bertz CT molecular complexity index is 477. The van der Waals surface area contributed by atoms with Crippen molar-refractivity contribution in [3.63, 3.8) is 0 Å². The Labute approximate surface area is 105 Å². The molecular formula is C13H14N2O3. The van der Waals surface area contributed by atoms with Gasteiger partial charge in [-0.2, -0.15) is 5.26 Å². The lowest BCUT2D eigenvalue weighted by molar-refractivity contribution is -0.142. The van der Waals surface area contributed by atoms with Crippen LogP contribution in [0, 0.1) is 11.3 Å². The molecule has 0 aromatic heterocycles. The zero-order chi connectivity index (χ0) is 13.4. The van der Waals surface area contributed by atoms with Gasteiger partial charge in [0.15, 0.2) is 0 Å². The first-order valence-corrected chi connectivity index (χ1v) is 5.61. The monoisotopic (exact) mass is 246 g/mol. The van der Waals surface area contributed by atoms with E-state index >= 15 is 0 Å². The third-order valence-corrected chi connectivity index (χ3v) is 2.17. The number of nitriles is 1.